The van der Waals surface area contributed by atoms with Crippen molar-refractivity contribution in [2.75, 3.05) is 5.32 Å². The maximum Gasteiger partial charge on any atom is 0.365 e. The molecule has 3 heterocycles. The van der Waals surface area contributed by atoms with E-state index in [-0.39, 0.29) is 6.17 Å². The average Bonchev–Trinajstić information content (AvgIpc) is 2.85. The third kappa shape index (κ3) is 1.55. The Morgan fingerprint density at radius 1 is 1.15 bits per heavy atom. The Morgan fingerprint density at radius 3 is 2.90 bits per heavy atom. The summed E-state index contributed by atoms with van der Waals surface area (Å²) in [6, 6.07) is 12.0. The largest absolute Gasteiger partial charge is 0.365 e. The molecule has 4 rings (SSSR count). The van der Waals surface area contributed by atoms with Crippen molar-refractivity contribution in [3.8, 4) is 0 Å². The summed E-state index contributed by atoms with van der Waals surface area (Å²) in [6.45, 7) is 0. The molecule has 1 aromatic carbocycles. The van der Waals surface area contributed by atoms with Gasteiger partial charge in [0, 0.05) is 18.0 Å². The van der Waals surface area contributed by atoms with E-state index in [1.54, 1.807) is 6.20 Å². The normalized spacial score (nSPS) is 17.4. The second-order valence-electron chi connectivity index (χ2n) is 4.66. The van der Waals surface area contributed by atoms with Crippen LogP contribution in [-0.2, 0) is 0 Å². The lowest BCUT2D eigenvalue weighted by molar-refractivity contribution is -0.674. The fraction of sp³-hybridized carbons (Fsp3) is 0.0714. The Kier molecular flexibility index (Phi) is 2.23. The number of aromatic nitrogens is 3. The molecule has 0 saturated carbocycles. The first-order chi connectivity index (χ1) is 9.83. The van der Waals surface area contributed by atoms with E-state index in [9.17, 15) is 0 Å². The maximum atomic E-state index is 5.88. The lowest BCUT2D eigenvalue weighted by Gasteiger charge is -2.17. The molecule has 20 heavy (non-hydrogen) atoms. The summed E-state index contributed by atoms with van der Waals surface area (Å²) in [6.07, 6.45) is 3.35. The van der Waals surface area contributed by atoms with Crippen LogP contribution in [0.1, 0.15) is 11.7 Å². The van der Waals surface area contributed by atoms with Crippen molar-refractivity contribution in [2.45, 2.75) is 6.17 Å². The molecule has 0 amide bonds. The van der Waals surface area contributed by atoms with Gasteiger partial charge in [0.25, 0.3) is 5.96 Å². The summed E-state index contributed by atoms with van der Waals surface area (Å²) >= 11 is 0. The minimum absolute atomic E-state index is 0.212. The molecule has 4 N–H and O–H groups in total. The zero-order valence-corrected chi connectivity index (χ0v) is 10.6. The van der Waals surface area contributed by atoms with Crippen molar-refractivity contribution in [3.05, 3.63) is 54.4 Å². The second kappa shape index (κ2) is 4.06. The highest BCUT2D eigenvalue weighted by atomic mass is 15.4. The Labute approximate surface area is 115 Å². The van der Waals surface area contributed by atoms with Crippen LogP contribution >= 0.6 is 0 Å². The van der Waals surface area contributed by atoms with Crippen molar-refractivity contribution in [1.82, 2.24) is 9.97 Å². The zero-order valence-electron chi connectivity index (χ0n) is 10.6. The van der Waals surface area contributed by atoms with Gasteiger partial charge < -0.3 is 5.73 Å². The molecule has 6 heteroatoms. The summed E-state index contributed by atoms with van der Waals surface area (Å²) in [5, 5.41) is 3.06. The molecule has 0 fully saturated rings. The predicted molar refractivity (Wildman–Crippen MR) is 76.1 cm³/mol. The van der Waals surface area contributed by atoms with Gasteiger partial charge in [-0.05, 0) is 18.2 Å². The van der Waals surface area contributed by atoms with Crippen LogP contribution in [0.3, 0.4) is 0 Å². The molecule has 98 valence electrons. The summed E-state index contributed by atoms with van der Waals surface area (Å²) in [4.78, 5) is 12.0. The van der Waals surface area contributed by atoms with E-state index in [0.717, 1.165) is 22.5 Å². The van der Waals surface area contributed by atoms with Gasteiger partial charge in [0.2, 0.25) is 6.17 Å². The standard InChI is InChI=1S/C14H12N6/c15-13-18-12(9-4-3-7-16-8-9)20-11-6-2-1-5-10(11)17-14(20)19-13/h1-8,12H,(H3,15,17,18,19)/p+1/t12-/m0/s1. The number of benzene rings is 1. The number of aliphatic imine (C=N–C) groups is 1. The van der Waals surface area contributed by atoms with E-state index in [1.807, 2.05) is 36.5 Å². The smallest absolute Gasteiger partial charge is 0.357 e. The van der Waals surface area contributed by atoms with E-state index < -0.39 is 0 Å². The first-order valence-corrected chi connectivity index (χ1v) is 6.35. The molecule has 0 bridgehead atoms. The molecule has 0 radical (unpaired) electrons. The average molecular weight is 265 g/mol. The maximum absolute atomic E-state index is 5.88. The van der Waals surface area contributed by atoms with Crippen molar-refractivity contribution >= 4 is 22.9 Å². The SMILES string of the molecule is NC1=N[C@H](c2cccnc2)[n+]2c([nH]c3ccccc32)N1. The predicted octanol–water partition coefficient (Wildman–Crippen LogP) is 1.14. The first kappa shape index (κ1) is 11.0. The Balaban J connectivity index is 1.98. The fourth-order valence-corrected chi connectivity index (χ4v) is 2.54. The molecular weight excluding hydrogens is 252 g/mol. The number of hydrogen-bond donors (Lipinski definition) is 3. The van der Waals surface area contributed by atoms with Crippen LogP contribution in [0.2, 0.25) is 0 Å². The van der Waals surface area contributed by atoms with E-state index in [2.05, 4.69) is 30.9 Å². The molecule has 0 aliphatic carbocycles. The number of rotatable bonds is 1. The number of nitrogens with zero attached hydrogens (tertiary/aromatic N) is 3. The number of guanidine groups is 1. The number of aromatic amines is 1. The summed E-state index contributed by atoms with van der Waals surface area (Å²) in [5.41, 5.74) is 8.98. The van der Waals surface area contributed by atoms with Gasteiger partial charge in [0.15, 0.2) is 0 Å². The van der Waals surface area contributed by atoms with Crippen molar-refractivity contribution in [3.63, 3.8) is 0 Å². The lowest BCUT2D eigenvalue weighted by Crippen LogP contribution is -2.48. The molecule has 0 saturated heterocycles. The minimum Gasteiger partial charge on any atom is -0.357 e. The van der Waals surface area contributed by atoms with Crippen molar-refractivity contribution < 1.29 is 4.57 Å². The number of H-pyrrole nitrogens is 1. The third-order valence-electron chi connectivity index (χ3n) is 3.39. The molecule has 6 nitrogen and oxygen atoms in total. The number of nitrogens with one attached hydrogen (secondary N) is 2. The number of anilines is 1. The van der Waals surface area contributed by atoms with E-state index in [1.165, 1.54) is 0 Å². The first-order valence-electron chi connectivity index (χ1n) is 6.35. The quantitative estimate of drug-likeness (QED) is 0.577. The molecule has 3 aromatic rings. The molecule has 1 atom stereocenters. The summed E-state index contributed by atoms with van der Waals surface area (Å²) < 4.78 is 2.09. The van der Waals surface area contributed by atoms with Crippen LogP contribution in [0.15, 0.2) is 53.8 Å². The zero-order chi connectivity index (χ0) is 13.5. The molecule has 1 aliphatic rings. The lowest BCUT2D eigenvalue weighted by atomic mass is 10.2. The van der Waals surface area contributed by atoms with Crippen LogP contribution in [-0.4, -0.2) is 15.9 Å². The number of nitrogens with two attached hydrogens (primary N) is 1. The Bertz CT molecular complexity index is 805. The number of para-hydroxylation sites is 2. The van der Waals surface area contributed by atoms with E-state index in [0.29, 0.717) is 5.96 Å². The number of imidazole rings is 1. The van der Waals surface area contributed by atoms with Gasteiger partial charge in [-0.2, -0.15) is 4.99 Å². The highest BCUT2D eigenvalue weighted by Crippen LogP contribution is 2.23. The molecule has 0 spiro atoms. The number of pyridine rings is 1. The van der Waals surface area contributed by atoms with Gasteiger partial charge >= 0.3 is 5.95 Å². The van der Waals surface area contributed by atoms with Gasteiger partial charge in [-0.3, -0.25) is 4.98 Å². The van der Waals surface area contributed by atoms with Gasteiger partial charge in [0.05, 0.1) is 0 Å². The van der Waals surface area contributed by atoms with E-state index in [4.69, 9.17) is 5.73 Å². The van der Waals surface area contributed by atoms with Crippen LogP contribution in [0.5, 0.6) is 0 Å². The highest BCUT2D eigenvalue weighted by molar-refractivity contribution is 5.92. The highest BCUT2D eigenvalue weighted by Gasteiger charge is 2.30. The molecule has 2 aromatic heterocycles. The minimum atomic E-state index is -0.212. The summed E-state index contributed by atoms with van der Waals surface area (Å²) in [7, 11) is 0. The molecule has 1 aliphatic heterocycles. The Hall–Kier alpha value is -2.89. The van der Waals surface area contributed by atoms with Gasteiger partial charge in [-0.15, -0.1) is 0 Å². The number of hydrogen-bond acceptors (Lipinski definition) is 4. The topological polar surface area (TPSA) is 83.0 Å². The molecule has 0 unspecified atom stereocenters. The summed E-state index contributed by atoms with van der Waals surface area (Å²) in [5.74, 6) is 1.22. The van der Waals surface area contributed by atoms with Crippen LogP contribution in [0.4, 0.5) is 5.95 Å². The number of fused-ring (bicyclic) bond motifs is 3. The van der Waals surface area contributed by atoms with Crippen LogP contribution in [0.25, 0.3) is 11.0 Å². The molecular formula is C14H13N6+. The van der Waals surface area contributed by atoms with Crippen molar-refractivity contribution in [1.29, 1.82) is 0 Å². The van der Waals surface area contributed by atoms with Gasteiger partial charge in [0.1, 0.15) is 11.0 Å². The fourth-order valence-electron chi connectivity index (χ4n) is 2.54. The van der Waals surface area contributed by atoms with Gasteiger partial charge in [-0.1, -0.05) is 18.2 Å². The monoisotopic (exact) mass is 265 g/mol. The van der Waals surface area contributed by atoms with E-state index >= 15 is 0 Å². The van der Waals surface area contributed by atoms with Crippen LogP contribution in [0, 0.1) is 0 Å². The third-order valence-corrected chi connectivity index (χ3v) is 3.39. The van der Waals surface area contributed by atoms with Crippen molar-refractivity contribution in [2.24, 2.45) is 10.7 Å². The second-order valence-corrected chi connectivity index (χ2v) is 4.66. The van der Waals surface area contributed by atoms with Crippen LogP contribution < -0.4 is 15.6 Å². The Morgan fingerprint density at radius 2 is 2.05 bits per heavy atom. The van der Waals surface area contributed by atoms with Gasteiger partial charge in [-0.25, -0.2) is 14.9 Å².